The average molecular weight is 338 g/mol. The molecule has 0 bridgehead atoms. The highest BCUT2D eigenvalue weighted by Gasteiger charge is 2.28. The smallest absolute Gasteiger partial charge is 0.348 e. The lowest BCUT2D eigenvalue weighted by molar-refractivity contribution is -0.384. The second kappa shape index (κ2) is 6.33. The van der Waals surface area contributed by atoms with Crippen molar-refractivity contribution in [2.24, 2.45) is 0 Å². The number of hydrogen-bond acceptors (Lipinski definition) is 6. The summed E-state index contributed by atoms with van der Waals surface area (Å²) in [6.45, 7) is 2.00. The van der Waals surface area contributed by atoms with Gasteiger partial charge < -0.3 is 9.80 Å². The lowest BCUT2D eigenvalue weighted by atomic mass is 10.2. The summed E-state index contributed by atoms with van der Waals surface area (Å²) in [5.41, 5.74) is 0.232. The number of halogens is 2. The van der Waals surface area contributed by atoms with Crippen LogP contribution in [0.1, 0.15) is 0 Å². The fraction of sp³-hybridized carbons (Fsp3) is 0.286. The van der Waals surface area contributed by atoms with Crippen LogP contribution in [0.25, 0.3) is 0 Å². The summed E-state index contributed by atoms with van der Waals surface area (Å²) in [5, 5.41) is 11.0. The van der Waals surface area contributed by atoms with Crippen molar-refractivity contribution in [2.45, 2.75) is 0 Å². The molecule has 2 heterocycles. The van der Waals surface area contributed by atoms with Crippen LogP contribution in [0, 0.1) is 15.9 Å². The van der Waals surface area contributed by atoms with Gasteiger partial charge in [0.2, 0.25) is 11.0 Å². The molecule has 2 aromatic rings. The van der Waals surface area contributed by atoms with E-state index in [4.69, 9.17) is 11.6 Å². The summed E-state index contributed by atoms with van der Waals surface area (Å²) in [4.78, 5) is 21.9. The lowest BCUT2D eigenvalue weighted by Gasteiger charge is -2.36. The van der Waals surface area contributed by atoms with Crippen molar-refractivity contribution >= 4 is 28.8 Å². The molecule has 9 heteroatoms. The van der Waals surface area contributed by atoms with Crippen molar-refractivity contribution < 1.29 is 9.31 Å². The predicted octanol–water partition coefficient (Wildman–Crippen LogP) is 2.50. The number of anilines is 2. The summed E-state index contributed by atoms with van der Waals surface area (Å²) < 4.78 is 13.8. The lowest BCUT2D eigenvalue weighted by Crippen LogP contribution is -2.47. The monoisotopic (exact) mass is 337 g/mol. The van der Waals surface area contributed by atoms with Crippen LogP contribution in [0.2, 0.25) is 5.15 Å². The van der Waals surface area contributed by atoms with Gasteiger partial charge in [-0.1, -0.05) is 23.7 Å². The average Bonchev–Trinajstić information content (AvgIpc) is 2.55. The Morgan fingerprint density at radius 2 is 1.78 bits per heavy atom. The number of rotatable bonds is 3. The largest absolute Gasteiger partial charge is 0.366 e. The van der Waals surface area contributed by atoms with Crippen LogP contribution in [0.5, 0.6) is 0 Å². The number of piperazine rings is 1. The van der Waals surface area contributed by atoms with Crippen LogP contribution >= 0.6 is 11.6 Å². The van der Waals surface area contributed by atoms with Gasteiger partial charge in [0.05, 0.1) is 10.6 Å². The van der Waals surface area contributed by atoms with E-state index in [9.17, 15) is 14.5 Å². The van der Waals surface area contributed by atoms with Gasteiger partial charge in [0, 0.05) is 26.2 Å². The fourth-order valence-corrected chi connectivity index (χ4v) is 2.80. The molecule has 0 amide bonds. The zero-order valence-electron chi connectivity index (χ0n) is 12.0. The second-order valence-electron chi connectivity index (χ2n) is 5.02. The molecule has 0 aliphatic carbocycles. The van der Waals surface area contributed by atoms with E-state index < -0.39 is 4.92 Å². The Balaban J connectivity index is 1.79. The van der Waals surface area contributed by atoms with Crippen molar-refractivity contribution in [3.63, 3.8) is 0 Å². The highest BCUT2D eigenvalue weighted by molar-refractivity contribution is 6.31. The van der Waals surface area contributed by atoms with Gasteiger partial charge in [0.15, 0.2) is 0 Å². The summed E-state index contributed by atoms with van der Waals surface area (Å²) in [6.07, 6.45) is 1.20. The van der Waals surface area contributed by atoms with E-state index in [2.05, 4.69) is 9.97 Å². The molecule has 1 aliphatic rings. The maximum absolute atomic E-state index is 13.8. The maximum atomic E-state index is 13.8. The molecule has 1 aromatic heterocycles. The number of benzene rings is 1. The van der Waals surface area contributed by atoms with Crippen LogP contribution in [-0.4, -0.2) is 41.1 Å². The van der Waals surface area contributed by atoms with Crippen molar-refractivity contribution in [2.75, 3.05) is 36.0 Å². The molecule has 3 rings (SSSR count). The SMILES string of the molecule is O=[N+]([O-])c1c(Cl)ncnc1N1CCN(c2ccccc2F)CC1. The van der Waals surface area contributed by atoms with Crippen LogP contribution in [-0.2, 0) is 0 Å². The van der Waals surface area contributed by atoms with Gasteiger partial charge in [-0.25, -0.2) is 14.4 Å². The molecule has 1 fully saturated rings. The van der Waals surface area contributed by atoms with Gasteiger partial charge in [-0.15, -0.1) is 0 Å². The fourth-order valence-electron chi connectivity index (χ4n) is 2.60. The molecular formula is C14H13ClFN5O2. The van der Waals surface area contributed by atoms with Crippen molar-refractivity contribution in [3.05, 3.63) is 51.7 Å². The molecule has 1 aromatic carbocycles. The predicted molar refractivity (Wildman–Crippen MR) is 84.5 cm³/mol. The van der Waals surface area contributed by atoms with E-state index in [-0.39, 0.29) is 22.5 Å². The minimum atomic E-state index is -0.582. The van der Waals surface area contributed by atoms with E-state index in [1.165, 1.54) is 12.4 Å². The van der Waals surface area contributed by atoms with Gasteiger partial charge in [-0.05, 0) is 12.1 Å². The molecular weight excluding hydrogens is 325 g/mol. The molecule has 0 N–H and O–H groups in total. The summed E-state index contributed by atoms with van der Waals surface area (Å²) in [7, 11) is 0. The number of para-hydroxylation sites is 1. The maximum Gasteiger partial charge on any atom is 0.348 e. The summed E-state index contributed by atoms with van der Waals surface area (Å²) in [5.74, 6) is -0.0832. The Morgan fingerprint density at radius 3 is 2.43 bits per heavy atom. The quantitative estimate of drug-likeness (QED) is 0.486. The molecule has 1 aliphatic heterocycles. The molecule has 7 nitrogen and oxygen atoms in total. The number of nitrogens with zero attached hydrogens (tertiary/aromatic N) is 5. The van der Waals surface area contributed by atoms with Crippen molar-refractivity contribution in [1.82, 2.24) is 9.97 Å². The van der Waals surface area contributed by atoms with Gasteiger partial charge in [-0.3, -0.25) is 10.1 Å². The molecule has 0 unspecified atom stereocenters. The van der Waals surface area contributed by atoms with Crippen LogP contribution in [0.3, 0.4) is 0 Å². The van der Waals surface area contributed by atoms with Gasteiger partial charge in [0.1, 0.15) is 12.1 Å². The third-order valence-electron chi connectivity index (χ3n) is 3.71. The molecule has 0 radical (unpaired) electrons. The summed E-state index contributed by atoms with van der Waals surface area (Å²) >= 11 is 5.81. The van der Waals surface area contributed by atoms with E-state index in [1.54, 1.807) is 23.1 Å². The Hall–Kier alpha value is -2.48. The van der Waals surface area contributed by atoms with Gasteiger partial charge in [-0.2, -0.15) is 0 Å². The van der Waals surface area contributed by atoms with Crippen LogP contribution < -0.4 is 9.80 Å². The Kier molecular flexibility index (Phi) is 4.24. The normalized spacial score (nSPS) is 14.9. The first-order valence-corrected chi connectivity index (χ1v) is 7.35. The third kappa shape index (κ3) is 3.02. The van der Waals surface area contributed by atoms with Crippen LogP contribution in [0.4, 0.5) is 21.6 Å². The second-order valence-corrected chi connectivity index (χ2v) is 5.38. The zero-order chi connectivity index (χ0) is 16.4. The van der Waals surface area contributed by atoms with Crippen molar-refractivity contribution in [1.29, 1.82) is 0 Å². The molecule has 1 saturated heterocycles. The molecule has 0 atom stereocenters. The van der Waals surface area contributed by atoms with Crippen LogP contribution in [0.15, 0.2) is 30.6 Å². The number of aromatic nitrogens is 2. The first kappa shape index (κ1) is 15.4. The number of hydrogen-bond donors (Lipinski definition) is 0. The van der Waals surface area contributed by atoms with E-state index in [0.717, 1.165) is 0 Å². The molecule has 23 heavy (non-hydrogen) atoms. The highest BCUT2D eigenvalue weighted by atomic mass is 35.5. The van der Waals surface area contributed by atoms with Crippen molar-refractivity contribution in [3.8, 4) is 0 Å². The standard InChI is InChI=1S/C14H13ClFN5O2/c15-13-12(21(22)23)14(18-9-17-13)20-7-5-19(6-8-20)11-4-2-1-3-10(11)16/h1-4,9H,5-8H2. The summed E-state index contributed by atoms with van der Waals surface area (Å²) in [6, 6.07) is 6.55. The first-order chi connectivity index (χ1) is 11.1. The minimum absolute atomic E-state index is 0.184. The Labute approximate surface area is 136 Å². The number of nitro groups is 1. The molecule has 120 valence electrons. The first-order valence-electron chi connectivity index (χ1n) is 6.97. The highest BCUT2D eigenvalue weighted by Crippen LogP contribution is 2.32. The Morgan fingerprint density at radius 1 is 1.13 bits per heavy atom. The van der Waals surface area contributed by atoms with E-state index in [0.29, 0.717) is 31.9 Å². The Bertz CT molecular complexity index is 737. The van der Waals surface area contributed by atoms with Gasteiger partial charge >= 0.3 is 5.69 Å². The van der Waals surface area contributed by atoms with E-state index >= 15 is 0 Å². The zero-order valence-corrected chi connectivity index (χ0v) is 12.8. The molecule has 0 spiro atoms. The molecule has 0 saturated carbocycles. The topological polar surface area (TPSA) is 75.4 Å². The minimum Gasteiger partial charge on any atom is -0.366 e. The van der Waals surface area contributed by atoms with Gasteiger partial charge in [0.25, 0.3) is 0 Å². The van der Waals surface area contributed by atoms with E-state index in [1.807, 2.05) is 4.90 Å². The third-order valence-corrected chi connectivity index (χ3v) is 3.99.